The Labute approximate surface area is 157 Å². The first-order valence-electron chi connectivity index (χ1n) is 8.29. The summed E-state index contributed by atoms with van der Waals surface area (Å²) < 4.78 is 5.37. The van der Waals surface area contributed by atoms with Gasteiger partial charge in [0, 0.05) is 29.4 Å². The first-order valence-corrected chi connectivity index (χ1v) is 8.67. The van der Waals surface area contributed by atoms with Crippen LogP contribution in [0.5, 0.6) is 0 Å². The predicted molar refractivity (Wildman–Crippen MR) is 101 cm³/mol. The Kier molecular flexibility index (Phi) is 5.75. The number of carboxylic acid groups (broad SMARTS) is 1. The standard InChI is InChI=1S/C19H20ClN3O3/c1-13(21-22-15-4-7-18(20)17(12-15)19(24)25)14-2-5-16(6-3-14)23-8-10-26-11-9-23/h2-7,12,22H,8-11H2,1H3,(H,24,25)/p-1/b21-13-. The van der Waals surface area contributed by atoms with E-state index in [4.69, 9.17) is 16.3 Å². The van der Waals surface area contributed by atoms with Gasteiger partial charge in [-0.25, -0.2) is 0 Å². The van der Waals surface area contributed by atoms with Crippen LogP contribution in [0.2, 0.25) is 5.02 Å². The molecule has 0 atom stereocenters. The van der Waals surface area contributed by atoms with E-state index in [9.17, 15) is 9.90 Å². The molecule has 1 saturated heterocycles. The summed E-state index contributed by atoms with van der Waals surface area (Å²) >= 11 is 5.83. The average molecular weight is 373 g/mol. The number of hydrogen-bond donors (Lipinski definition) is 1. The van der Waals surface area contributed by atoms with Crippen LogP contribution in [-0.2, 0) is 4.74 Å². The number of benzene rings is 2. The molecule has 26 heavy (non-hydrogen) atoms. The quantitative estimate of drug-likeness (QED) is 0.644. The minimum absolute atomic E-state index is 0.0700. The van der Waals surface area contributed by atoms with Crippen molar-refractivity contribution in [2.24, 2.45) is 5.10 Å². The van der Waals surface area contributed by atoms with Crippen molar-refractivity contribution in [2.45, 2.75) is 6.92 Å². The van der Waals surface area contributed by atoms with Gasteiger partial charge in [0.15, 0.2) is 0 Å². The van der Waals surface area contributed by atoms with Gasteiger partial charge in [0.05, 0.1) is 30.6 Å². The second-order valence-electron chi connectivity index (χ2n) is 5.94. The van der Waals surface area contributed by atoms with Gasteiger partial charge < -0.3 is 19.5 Å². The normalized spacial score (nSPS) is 15.0. The molecule has 1 fully saturated rings. The third-order valence-electron chi connectivity index (χ3n) is 4.20. The Balaban J connectivity index is 1.69. The van der Waals surface area contributed by atoms with Crippen LogP contribution >= 0.6 is 11.6 Å². The summed E-state index contributed by atoms with van der Waals surface area (Å²) in [6.45, 7) is 5.17. The number of anilines is 2. The first kappa shape index (κ1) is 18.2. The molecule has 1 aliphatic heterocycles. The van der Waals surface area contributed by atoms with Crippen molar-refractivity contribution in [3.05, 3.63) is 58.6 Å². The van der Waals surface area contributed by atoms with Crippen molar-refractivity contribution >= 4 is 34.7 Å². The molecule has 136 valence electrons. The second-order valence-corrected chi connectivity index (χ2v) is 6.34. The van der Waals surface area contributed by atoms with E-state index in [1.165, 1.54) is 12.1 Å². The highest BCUT2D eigenvalue weighted by Gasteiger charge is 2.11. The number of nitrogens with zero attached hydrogens (tertiary/aromatic N) is 2. The summed E-state index contributed by atoms with van der Waals surface area (Å²) in [6, 6.07) is 12.7. The zero-order chi connectivity index (χ0) is 18.5. The zero-order valence-electron chi connectivity index (χ0n) is 14.4. The van der Waals surface area contributed by atoms with Gasteiger partial charge in [0.1, 0.15) is 0 Å². The fraction of sp³-hybridized carbons (Fsp3) is 0.263. The Morgan fingerprint density at radius 3 is 2.54 bits per heavy atom. The van der Waals surface area contributed by atoms with Gasteiger partial charge in [-0.1, -0.05) is 23.7 Å². The number of aromatic carboxylic acids is 1. The molecule has 1 aliphatic rings. The molecule has 0 bridgehead atoms. The monoisotopic (exact) mass is 372 g/mol. The fourth-order valence-corrected chi connectivity index (χ4v) is 2.89. The van der Waals surface area contributed by atoms with Gasteiger partial charge in [-0.2, -0.15) is 5.10 Å². The zero-order valence-corrected chi connectivity index (χ0v) is 15.1. The van der Waals surface area contributed by atoms with Crippen molar-refractivity contribution in [1.29, 1.82) is 0 Å². The highest BCUT2D eigenvalue weighted by molar-refractivity contribution is 6.33. The van der Waals surface area contributed by atoms with E-state index in [1.54, 1.807) is 6.07 Å². The smallest absolute Gasteiger partial charge is 0.0731 e. The van der Waals surface area contributed by atoms with Crippen molar-refractivity contribution in [2.75, 3.05) is 36.6 Å². The molecular weight excluding hydrogens is 354 g/mol. The van der Waals surface area contributed by atoms with Crippen LogP contribution in [0.4, 0.5) is 11.4 Å². The van der Waals surface area contributed by atoms with Gasteiger partial charge in [0.25, 0.3) is 0 Å². The predicted octanol–water partition coefficient (Wildman–Crippen LogP) is 2.38. The Bertz CT molecular complexity index is 815. The summed E-state index contributed by atoms with van der Waals surface area (Å²) in [6.07, 6.45) is 0. The van der Waals surface area contributed by atoms with E-state index >= 15 is 0 Å². The van der Waals surface area contributed by atoms with E-state index in [-0.39, 0.29) is 10.6 Å². The summed E-state index contributed by atoms with van der Waals surface area (Å²) in [4.78, 5) is 13.3. The number of carbonyl (C=O) groups excluding carboxylic acids is 1. The summed E-state index contributed by atoms with van der Waals surface area (Å²) in [5.41, 5.74) is 6.23. The van der Waals surface area contributed by atoms with E-state index in [0.717, 1.165) is 43.3 Å². The molecule has 7 heteroatoms. The molecule has 0 saturated carbocycles. The number of hydrogen-bond acceptors (Lipinski definition) is 6. The minimum Gasteiger partial charge on any atom is -0.545 e. The Hall–Kier alpha value is -2.57. The van der Waals surface area contributed by atoms with Crippen molar-refractivity contribution < 1.29 is 14.6 Å². The molecule has 2 aromatic rings. The summed E-state index contributed by atoms with van der Waals surface area (Å²) in [5, 5.41) is 15.5. The maximum absolute atomic E-state index is 11.0. The number of ether oxygens (including phenoxy) is 1. The molecular formula is C19H19ClN3O3-. The van der Waals surface area contributed by atoms with Crippen LogP contribution < -0.4 is 15.4 Å². The number of halogens is 1. The van der Waals surface area contributed by atoms with Gasteiger partial charge in [-0.3, -0.25) is 5.43 Å². The van der Waals surface area contributed by atoms with Crippen LogP contribution in [0.3, 0.4) is 0 Å². The van der Waals surface area contributed by atoms with E-state index in [2.05, 4.69) is 27.6 Å². The van der Waals surface area contributed by atoms with E-state index < -0.39 is 5.97 Å². The lowest BCUT2D eigenvalue weighted by molar-refractivity contribution is -0.255. The highest BCUT2D eigenvalue weighted by Crippen LogP contribution is 2.21. The molecule has 0 unspecified atom stereocenters. The third-order valence-corrected chi connectivity index (χ3v) is 4.53. The molecule has 6 nitrogen and oxygen atoms in total. The van der Waals surface area contributed by atoms with Crippen molar-refractivity contribution in [3.63, 3.8) is 0 Å². The fourth-order valence-electron chi connectivity index (χ4n) is 2.70. The summed E-state index contributed by atoms with van der Waals surface area (Å²) in [5.74, 6) is -1.32. The van der Waals surface area contributed by atoms with Crippen LogP contribution in [0.15, 0.2) is 47.6 Å². The number of morpholine rings is 1. The van der Waals surface area contributed by atoms with Crippen LogP contribution in [0.1, 0.15) is 22.8 Å². The topological polar surface area (TPSA) is 77.0 Å². The third kappa shape index (κ3) is 4.33. The maximum Gasteiger partial charge on any atom is 0.0731 e. The van der Waals surface area contributed by atoms with E-state index in [0.29, 0.717) is 5.69 Å². The van der Waals surface area contributed by atoms with Gasteiger partial charge >= 0.3 is 0 Å². The van der Waals surface area contributed by atoms with E-state index in [1.807, 2.05) is 19.1 Å². The lowest BCUT2D eigenvalue weighted by atomic mass is 10.1. The molecule has 0 aromatic heterocycles. The SMILES string of the molecule is C/C(=N/Nc1ccc(Cl)c(C(=O)[O-])c1)c1ccc(N2CCOCC2)cc1. The van der Waals surface area contributed by atoms with Crippen LogP contribution in [0, 0.1) is 0 Å². The molecule has 0 spiro atoms. The molecule has 1 heterocycles. The molecule has 0 radical (unpaired) electrons. The number of carboxylic acids is 1. The van der Waals surface area contributed by atoms with Gasteiger partial charge in [-0.15, -0.1) is 0 Å². The van der Waals surface area contributed by atoms with Crippen molar-refractivity contribution in [1.82, 2.24) is 0 Å². The van der Waals surface area contributed by atoms with Crippen LogP contribution in [0.25, 0.3) is 0 Å². The molecule has 1 N–H and O–H groups in total. The number of carbonyl (C=O) groups is 1. The number of nitrogens with one attached hydrogen (secondary N) is 1. The lowest BCUT2D eigenvalue weighted by Crippen LogP contribution is -2.36. The first-order chi connectivity index (χ1) is 12.5. The van der Waals surface area contributed by atoms with Crippen molar-refractivity contribution in [3.8, 4) is 0 Å². The van der Waals surface area contributed by atoms with Gasteiger partial charge in [-0.05, 0) is 42.8 Å². The molecule has 0 aliphatic carbocycles. The molecule has 3 rings (SSSR count). The summed E-state index contributed by atoms with van der Waals surface area (Å²) in [7, 11) is 0. The lowest BCUT2D eigenvalue weighted by Gasteiger charge is -2.28. The maximum atomic E-state index is 11.0. The highest BCUT2D eigenvalue weighted by atomic mass is 35.5. The number of rotatable bonds is 5. The minimum atomic E-state index is -1.32. The second kappa shape index (κ2) is 8.21. The Morgan fingerprint density at radius 2 is 1.88 bits per heavy atom. The van der Waals surface area contributed by atoms with Crippen LogP contribution in [-0.4, -0.2) is 38.0 Å². The largest absolute Gasteiger partial charge is 0.545 e. The number of hydrazone groups is 1. The van der Waals surface area contributed by atoms with Gasteiger partial charge in [0.2, 0.25) is 0 Å². The average Bonchev–Trinajstić information content (AvgIpc) is 2.67. The molecule has 2 aromatic carbocycles. The molecule has 0 amide bonds. The Morgan fingerprint density at radius 1 is 1.19 bits per heavy atom.